The van der Waals surface area contributed by atoms with Gasteiger partial charge in [-0.3, -0.25) is 9.59 Å². The third-order valence-electron chi connectivity index (χ3n) is 1.69. The second kappa shape index (κ2) is 16.0. The molecular weight excluding hydrogens is 256 g/mol. The van der Waals surface area contributed by atoms with Crippen LogP contribution in [0.3, 0.4) is 0 Å². The second-order valence-corrected chi connectivity index (χ2v) is 5.47. The minimum Gasteiger partial charge on any atom is -0.380 e. The first kappa shape index (κ1) is 19.3. The van der Waals surface area contributed by atoms with Gasteiger partial charge in [-0.25, -0.2) is 0 Å². The van der Waals surface area contributed by atoms with Gasteiger partial charge in [0.2, 0.25) is 0 Å². The molecule has 0 saturated heterocycles. The van der Waals surface area contributed by atoms with E-state index < -0.39 is 0 Å². The van der Waals surface area contributed by atoms with Gasteiger partial charge in [0.25, 0.3) is 0 Å². The van der Waals surface area contributed by atoms with Crippen LogP contribution in [-0.4, -0.2) is 48.8 Å². The lowest BCUT2D eigenvalue weighted by molar-refractivity contribution is -0.118. The van der Waals surface area contributed by atoms with Gasteiger partial charge in [0, 0.05) is 18.6 Å². The molecule has 0 saturated carbocycles. The van der Waals surface area contributed by atoms with Crippen LogP contribution in [0.1, 0.15) is 26.7 Å². The molecule has 0 aliphatic heterocycles. The highest BCUT2D eigenvalue weighted by Crippen LogP contribution is 1.94. The van der Waals surface area contributed by atoms with Crippen molar-refractivity contribution in [3.05, 3.63) is 0 Å². The summed E-state index contributed by atoms with van der Waals surface area (Å²) in [6.07, 6.45) is 5.31. The highest BCUT2D eigenvalue weighted by molar-refractivity contribution is 7.98. The van der Waals surface area contributed by atoms with Gasteiger partial charge in [-0.1, -0.05) is 0 Å². The molecule has 17 heavy (non-hydrogen) atoms. The van der Waals surface area contributed by atoms with Gasteiger partial charge in [0.15, 0.2) is 0 Å². The zero-order chi connectivity index (χ0) is 13.5. The molecule has 0 bridgehead atoms. The molecule has 0 fully saturated rings. The molecule has 0 spiro atoms. The van der Waals surface area contributed by atoms with E-state index in [2.05, 4.69) is 0 Å². The fourth-order valence-corrected chi connectivity index (χ4v) is 1.48. The van der Waals surface area contributed by atoms with Gasteiger partial charge in [-0.2, -0.15) is 23.5 Å². The van der Waals surface area contributed by atoms with E-state index in [1.807, 2.05) is 12.5 Å². The van der Waals surface area contributed by atoms with Gasteiger partial charge in [0.1, 0.15) is 11.6 Å². The fourth-order valence-electron chi connectivity index (χ4n) is 0.706. The van der Waals surface area contributed by atoms with Crippen LogP contribution in [0, 0.1) is 0 Å². The van der Waals surface area contributed by atoms with Crippen molar-refractivity contribution >= 4 is 35.1 Å². The zero-order valence-corrected chi connectivity index (χ0v) is 12.9. The zero-order valence-electron chi connectivity index (χ0n) is 11.3. The fraction of sp³-hybridized carbons (Fsp3) is 0.833. The third kappa shape index (κ3) is 25.9. The SMILES string of the molecule is CSCCC(C)=O.CSCCOCCC(C)=O. The first-order chi connectivity index (χ1) is 8.04. The van der Waals surface area contributed by atoms with Crippen LogP contribution < -0.4 is 0 Å². The van der Waals surface area contributed by atoms with Crippen LogP contribution in [-0.2, 0) is 14.3 Å². The quantitative estimate of drug-likeness (QED) is 0.608. The van der Waals surface area contributed by atoms with Gasteiger partial charge < -0.3 is 4.74 Å². The number of rotatable bonds is 9. The molecule has 0 aromatic heterocycles. The Labute approximate surface area is 113 Å². The number of ketones is 2. The van der Waals surface area contributed by atoms with Crippen molar-refractivity contribution < 1.29 is 14.3 Å². The summed E-state index contributed by atoms with van der Waals surface area (Å²) in [5.74, 6) is 2.46. The van der Waals surface area contributed by atoms with E-state index in [4.69, 9.17) is 4.74 Å². The Hall–Kier alpha value is -0.0000000000000000555. The number of thioether (sulfide) groups is 2. The molecule has 0 heterocycles. The maximum atomic E-state index is 10.4. The molecule has 5 heteroatoms. The molecule has 0 aromatic rings. The van der Waals surface area contributed by atoms with E-state index >= 15 is 0 Å². The normalized spacial score (nSPS) is 9.41. The van der Waals surface area contributed by atoms with Crippen molar-refractivity contribution in [2.24, 2.45) is 0 Å². The first-order valence-electron chi connectivity index (χ1n) is 5.59. The number of Topliss-reactive ketones (excluding diaryl/α,β-unsaturated/α-hetero) is 2. The Bertz CT molecular complexity index is 196. The Morgan fingerprint density at radius 2 is 1.41 bits per heavy atom. The minimum atomic E-state index is 0.198. The number of carbonyl (C=O) groups excluding carboxylic acids is 2. The molecule has 102 valence electrons. The first-order valence-corrected chi connectivity index (χ1v) is 8.37. The lowest BCUT2D eigenvalue weighted by Crippen LogP contribution is -2.02. The average Bonchev–Trinajstić information content (AvgIpc) is 2.26. The van der Waals surface area contributed by atoms with Crippen molar-refractivity contribution in [3.8, 4) is 0 Å². The number of hydrogen-bond donors (Lipinski definition) is 0. The lowest BCUT2D eigenvalue weighted by Gasteiger charge is -1.99. The van der Waals surface area contributed by atoms with Crippen LogP contribution in [0.25, 0.3) is 0 Å². The number of hydrogen-bond acceptors (Lipinski definition) is 5. The molecule has 3 nitrogen and oxygen atoms in total. The summed E-state index contributed by atoms with van der Waals surface area (Å²) in [6, 6.07) is 0. The molecular formula is C12H24O3S2. The van der Waals surface area contributed by atoms with Crippen molar-refractivity contribution in [2.45, 2.75) is 26.7 Å². The molecule has 0 radical (unpaired) electrons. The molecule has 0 N–H and O–H groups in total. The maximum Gasteiger partial charge on any atom is 0.132 e. The highest BCUT2D eigenvalue weighted by atomic mass is 32.2. The van der Waals surface area contributed by atoms with Gasteiger partial charge in [-0.15, -0.1) is 0 Å². The van der Waals surface area contributed by atoms with Crippen LogP contribution in [0.5, 0.6) is 0 Å². The van der Waals surface area contributed by atoms with Crippen molar-refractivity contribution in [2.75, 3.05) is 37.2 Å². The van der Waals surface area contributed by atoms with E-state index in [-0.39, 0.29) is 11.6 Å². The summed E-state index contributed by atoms with van der Waals surface area (Å²) < 4.78 is 5.14. The second-order valence-electron chi connectivity index (χ2n) is 3.50. The summed E-state index contributed by atoms with van der Waals surface area (Å²) in [6.45, 7) is 4.54. The van der Waals surface area contributed by atoms with Gasteiger partial charge >= 0.3 is 0 Å². The maximum absolute atomic E-state index is 10.4. The minimum absolute atomic E-state index is 0.198. The van der Waals surface area contributed by atoms with Crippen LogP contribution in [0.2, 0.25) is 0 Å². The van der Waals surface area contributed by atoms with E-state index in [0.717, 1.165) is 24.5 Å². The van der Waals surface area contributed by atoms with Crippen LogP contribution in [0.15, 0.2) is 0 Å². The Kier molecular flexibility index (Phi) is 18.2. The molecule has 0 aromatic carbocycles. The van der Waals surface area contributed by atoms with E-state index in [0.29, 0.717) is 13.0 Å². The Balaban J connectivity index is 0. The third-order valence-corrected chi connectivity index (χ3v) is 2.88. The topological polar surface area (TPSA) is 43.4 Å². The molecule has 0 aliphatic carbocycles. The van der Waals surface area contributed by atoms with Gasteiger partial charge in [0.05, 0.1) is 13.2 Å². The largest absolute Gasteiger partial charge is 0.380 e. The Morgan fingerprint density at radius 1 is 0.882 bits per heavy atom. The van der Waals surface area contributed by atoms with Crippen LogP contribution >= 0.6 is 23.5 Å². The van der Waals surface area contributed by atoms with Crippen molar-refractivity contribution in [3.63, 3.8) is 0 Å². The molecule has 0 rings (SSSR count). The molecule has 0 atom stereocenters. The molecule has 0 amide bonds. The Morgan fingerprint density at radius 3 is 1.76 bits per heavy atom. The molecule has 0 unspecified atom stereocenters. The lowest BCUT2D eigenvalue weighted by atomic mass is 10.3. The monoisotopic (exact) mass is 280 g/mol. The summed E-state index contributed by atoms with van der Waals surface area (Å²) >= 11 is 3.46. The standard InChI is InChI=1S/C7H14O2S.C5H10OS/c1-7(8)3-4-9-5-6-10-2;1-5(6)3-4-7-2/h3-6H2,1-2H3;3-4H2,1-2H3. The summed E-state index contributed by atoms with van der Waals surface area (Å²) in [4.78, 5) is 20.6. The number of ether oxygens (including phenoxy) is 1. The van der Waals surface area contributed by atoms with E-state index in [1.54, 1.807) is 37.4 Å². The smallest absolute Gasteiger partial charge is 0.132 e. The van der Waals surface area contributed by atoms with E-state index in [9.17, 15) is 9.59 Å². The molecule has 0 aliphatic rings. The van der Waals surface area contributed by atoms with E-state index in [1.165, 1.54) is 0 Å². The predicted octanol–water partition coefficient (Wildman–Crippen LogP) is 2.67. The predicted molar refractivity (Wildman–Crippen MR) is 78.2 cm³/mol. The highest BCUT2D eigenvalue weighted by Gasteiger charge is 1.91. The summed E-state index contributed by atoms with van der Waals surface area (Å²) in [5.41, 5.74) is 0. The van der Waals surface area contributed by atoms with Crippen LogP contribution in [0.4, 0.5) is 0 Å². The van der Waals surface area contributed by atoms with Crippen molar-refractivity contribution in [1.82, 2.24) is 0 Å². The van der Waals surface area contributed by atoms with Crippen molar-refractivity contribution in [1.29, 1.82) is 0 Å². The summed E-state index contributed by atoms with van der Waals surface area (Å²) in [7, 11) is 0. The average molecular weight is 280 g/mol. The number of carbonyl (C=O) groups is 2. The van der Waals surface area contributed by atoms with Gasteiger partial charge in [-0.05, 0) is 32.1 Å². The summed E-state index contributed by atoms with van der Waals surface area (Å²) in [5, 5.41) is 0.